The molecule has 4 aliphatic rings. The quantitative estimate of drug-likeness (QED) is 0.150. The summed E-state index contributed by atoms with van der Waals surface area (Å²) in [4.78, 5) is 0. The van der Waals surface area contributed by atoms with E-state index in [2.05, 4.69) is 60.7 Å². The predicted molar refractivity (Wildman–Crippen MR) is 165 cm³/mol. The lowest BCUT2D eigenvalue weighted by molar-refractivity contribution is 0.0240. The minimum Gasteiger partial charge on any atom is -0.491 e. The van der Waals surface area contributed by atoms with Crippen LogP contribution in [0.1, 0.15) is 36.1 Å². The van der Waals surface area contributed by atoms with Crippen molar-refractivity contribution in [3.63, 3.8) is 0 Å². The van der Waals surface area contributed by atoms with Crippen LogP contribution in [0.5, 0.6) is 23.0 Å². The van der Waals surface area contributed by atoms with Crippen LogP contribution in [0, 0.1) is 0 Å². The second-order valence-electron chi connectivity index (χ2n) is 12.1. The smallest absolute Gasteiger partial charge is 0.135 e. The largest absolute Gasteiger partial charge is 0.491 e. The van der Waals surface area contributed by atoms with Crippen LogP contribution in [-0.2, 0) is 24.4 Å². The Bertz CT molecular complexity index is 1550. The van der Waals surface area contributed by atoms with Crippen molar-refractivity contribution in [3.8, 4) is 34.1 Å². The first-order chi connectivity index (χ1) is 21.6. The van der Waals surface area contributed by atoms with Gasteiger partial charge in [0, 0.05) is 23.3 Å². The van der Waals surface area contributed by atoms with Crippen molar-refractivity contribution in [1.82, 2.24) is 0 Å². The van der Waals surface area contributed by atoms with Crippen LogP contribution in [0.2, 0.25) is 0 Å². The predicted octanol–water partition coefficient (Wildman–Crippen LogP) is 6.52. The van der Waals surface area contributed by atoms with E-state index in [1.807, 2.05) is 38.1 Å². The lowest BCUT2D eigenvalue weighted by Gasteiger charge is -2.39. The van der Waals surface area contributed by atoms with Crippen molar-refractivity contribution < 1.29 is 33.2 Å². The zero-order chi connectivity index (χ0) is 29.7. The molecule has 0 N–H and O–H groups in total. The molecule has 44 heavy (non-hydrogen) atoms. The van der Waals surface area contributed by atoms with Crippen molar-refractivity contribution in [2.45, 2.75) is 43.7 Å². The molecule has 2 fully saturated rings. The normalized spacial score (nSPS) is 20.9. The van der Waals surface area contributed by atoms with Gasteiger partial charge >= 0.3 is 0 Å². The number of ether oxygens (including phenoxy) is 7. The third-order valence-electron chi connectivity index (χ3n) is 8.79. The molecule has 226 valence electrons. The summed E-state index contributed by atoms with van der Waals surface area (Å²) in [6.07, 6.45) is 0.342. The van der Waals surface area contributed by atoms with Gasteiger partial charge in [0.1, 0.15) is 48.4 Å². The van der Waals surface area contributed by atoms with E-state index in [0.29, 0.717) is 26.4 Å². The third-order valence-corrected chi connectivity index (χ3v) is 8.79. The highest BCUT2D eigenvalue weighted by molar-refractivity contribution is 5.88. The van der Waals surface area contributed by atoms with E-state index in [9.17, 15) is 0 Å². The highest BCUT2D eigenvalue weighted by Crippen LogP contribution is 2.62. The van der Waals surface area contributed by atoms with Gasteiger partial charge in [0.2, 0.25) is 0 Å². The number of fused-ring (bicyclic) bond motifs is 9. The van der Waals surface area contributed by atoms with Gasteiger partial charge in [-0.15, -0.1) is 0 Å². The Morgan fingerprint density at radius 2 is 1.09 bits per heavy atom. The first-order valence-corrected chi connectivity index (χ1v) is 15.5. The average molecular weight is 593 g/mol. The Kier molecular flexibility index (Phi) is 7.06. The van der Waals surface area contributed by atoms with Crippen LogP contribution >= 0.6 is 0 Å². The van der Waals surface area contributed by atoms with Gasteiger partial charge in [0.05, 0.1) is 44.1 Å². The Morgan fingerprint density at radius 3 is 1.55 bits per heavy atom. The number of epoxide rings is 2. The van der Waals surface area contributed by atoms with Gasteiger partial charge in [0.15, 0.2) is 0 Å². The maximum absolute atomic E-state index is 6.71. The van der Waals surface area contributed by atoms with E-state index in [0.717, 1.165) is 47.3 Å². The topological polar surface area (TPSA) is 71.2 Å². The maximum atomic E-state index is 6.71. The standard InChI is InChI=1S/C37H36O7/c1-23(38-19-27-21-42-27)17-40-25-11-13-33-35(15-25)44-36-16-26(41-18-24(2)39-20-28-22-43-28)12-14-34(36)37(33)31-9-5-3-7-29(31)30-8-4-6-10-32(30)37/h3-16,23-24,27-28H,17-22H2,1-2H3. The fourth-order valence-electron chi connectivity index (χ4n) is 6.45. The molecular weight excluding hydrogens is 556 g/mol. The molecule has 4 aromatic rings. The number of rotatable bonds is 12. The van der Waals surface area contributed by atoms with Crippen LogP contribution in [-0.4, -0.2) is 64.1 Å². The molecule has 3 heterocycles. The highest BCUT2D eigenvalue weighted by Gasteiger charge is 2.51. The van der Waals surface area contributed by atoms with E-state index in [-0.39, 0.29) is 24.4 Å². The number of hydrogen-bond donors (Lipinski definition) is 0. The molecule has 0 radical (unpaired) electrons. The number of benzene rings is 4. The summed E-state index contributed by atoms with van der Waals surface area (Å²) >= 11 is 0. The third kappa shape index (κ3) is 5.04. The molecule has 7 heteroatoms. The Hall–Kier alpha value is -3.88. The maximum Gasteiger partial charge on any atom is 0.135 e. The summed E-state index contributed by atoms with van der Waals surface area (Å²) < 4.78 is 41.4. The summed E-state index contributed by atoms with van der Waals surface area (Å²) in [7, 11) is 0. The second-order valence-corrected chi connectivity index (χ2v) is 12.1. The summed E-state index contributed by atoms with van der Waals surface area (Å²) in [5, 5.41) is 0. The summed E-state index contributed by atoms with van der Waals surface area (Å²) in [5.74, 6) is 3.00. The van der Waals surface area contributed by atoms with Gasteiger partial charge < -0.3 is 33.2 Å². The van der Waals surface area contributed by atoms with E-state index in [4.69, 9.17) is 33.2 Å². The first kappa shape index (κ1) is 27.7. The molecule has 7 nitrogen and oxygen atoms in total. The van der Waals surface area contributed by atoms with Crippen molar-refractivity contribution in [2.24, 2.45) is 0 Å². The SMILES string of the molecule is CC(COc1ccc2c(c1)Oc1cc(OCC(C)OCC3CO3)ccc1C21c2ccccc2-c2ccccc21)OCC1CO1. The van der Waals surface area contributed by atoms with Crippen molar-refractivity contribution in [2.75, 3.05) is 39.6 Å². The Labute approximate surface area is 257 Å². The minimum absolute atomic E-state index is 0.0558. The van der Waals surface area contributed by atoms with Gasteiger partial charge in [-0.1, -0.05) is 60.7 Å². The van der Waals surface area contributed by atoms with Gasteiger partial charge in [-0.05, 0) is 48.2 Å². The molecule has 1 aliphatic carbocycles. The molecule has 4 aromatic carbocycles. The van der Waals surface area contributed by atoms with Crippen LogP contribution in [0.25, 0.3) is 11.1 Å². The molecule has 3 aliphatic heterocycles. The fourth-order valence-corrected chi connectivity index (χ4v) is 6.45. The van der Waals surface area contributed by atoms with E-state index in [1.165, 1.54) is 22.3 Å². The highest BCUT2D eigenvalue weighted by atomic mass is 16.6. The van der Waals surface area contributed by atoms with Gasteiger partial charge in [-0.2, -0.15) is 0 Å². The molecule has 4 unspecified atom stereocenters. The molecule has 2 saturated heterocycles. The van der Waals surface area contributed by atoms with Crippen LogP contribution in [0.3, 0.4) is 0 Å². The number of hydrogen-bond acceptors (Lipinski definition) is 7. The summed E-state index contributed by atoms with van der Waals surface area (Å²) in [5.41, 5.74) is 6.57. The van der Waals surface area contributed by atoms with Gasteiger partial charge in [-0.25, -0.2) is 0 Å². The van der Waals surface area contributed by atoms with E-state index in [1.54, 1.807) is 0 Å². The van der Waals surface area contributed by atoms with Crippen LogP contribution < -0.4 is 14.2 Å². The van der Waals surface area contributed by atoms with Crippen molar-refractivity contribution in [1.29, 1.82) is 0 Å². The molecule has 0 amide bonds. The summed E-state index contributed by atoms with van der Waals surface area (Å²) in [6.45, 7) is 7.65. The zero-order valence-corrected chi connectivity index (χ0v) is 25.0. The van der Waals surface area contributed by atoms with E-state index >= 15 is 0 Å². The molecule has 4 atom stereocenters. The average Bonchev–Trinajstić information content (AvgIpc) is 4.00. The molecule has 0 bridgehead atoms. The first-order valence-electron chi connectivity index (χ1n) is 15.5. The minimum atomic E-state index is -0.547. The molecule has 1 spiro atoms. The van der Waals surface area contributed by atoms with Gasteiger partial charge in [0.25, 0.3) is 0 Å². The summed E-state index contributed by atoms with van der Waals surface area (Å²) in [6, 6.07) is 29.8. The van der Waals surface area contributed by atoms with Crippen molar-refractivity contribution >= 4 is 0 Å². The lowest BCUT2D eigenvalue weighted by atomic mass is 9.66. The fraction of sp³-hybridized carbons (Fsp3) is 0.351. The second kappa shape index (κ2) is 11.2. The Balaban J connectivity index is 1.15. The van der Waals surface area contributed by atoms with Crippen molar-refractivity contribution in [3.05, 3.63) is 107 Å². The molecule has 0 aromatic heterocycles. The van der Waals surface area contributed by atoms with E-state index < -0.39 is 5.41 Å². The monoisotopic (exact) mass is 592 g/mol. The van der Waals surface area contributed by atoms with Crippen LogP contribution in [0.4, 0.5) is 0 Å². The molecule has 0 saturated carbocycles. The Morgan fingerprint density at radius 1 is 0.636 bits per heavy atom. The lowest BCUT2D eigenvalue weighted by Crippen LogP contribution is -2.32. The van der Waals surface area contributed by atoms with Gasteiger partial charge in [-0.3, -0.25) is 0 Å². The zero-order valence-electron chi connectivity index (χ0n) is 25.0. The molecular formula is C37H36O7. The molecule has 8 rings (SSSR count). The van der Waals surface area contributed by atoms with Crippen LogP contribution in [0.15, 0.2) is 84.9 Å².